The highest BCUT2D eigenvalue weighted by atomic mass is 32.2. The van der Waals surface area contributed by atoms with Crippen LogP contribution < -0.4 is 0 Å². The number of amides is 1. The summed E-state index contributed by atoms with van der Waals surface area (Å²) in [5.41, 5.74) is 1.25. The number of hydrogen-bond acceptors (Lipinski definition) is 3. The molecule has 0 N–H and O–H groups in total. The number of carbonyl (C=O) groups excluding carboxylic acids is 1. The highest BCUT2D eigenvalue weighted by molar-refractivity contribution is 8.23. The van der Waals surface area contributed by atoms with Gasteiger partial charge in [0, 0.05) is 12.7 Å². The normalized spacial score (nSPS) is 20.2. The molecule has 0 radical (unpaired) electrons. The van der Waals surface area contributed by atoms with E-state index in [2.05, 4.69) is 12.1 Å². The van der Waals surface area contributed by atoms with Crippen molar-refractivity contribution in [2.24, 2.45) is 0 Å². The third-order valence-electron chi connectivity index (χ3n) is 2.61. The van der Waals surface area contributed by atoms with Crippen molar-refractivity contribution in [2.45, 2.75) is 19.4 Å². The fourth-order valence-corrected chi connectivity index (χ4v) is 3.38. The monoisotopic (exact) mass is 251 g/mol. The first-order valence-corrected chi connectivity index (χ1v) is 6.58. The van der Waals surface area contributed by atoms with Crippen molar-refractivity contribution in [3.05, 3.63) is 35.9 Å². The van der Waals surface area contributed by atoms with E-state index in [-0.39, 0.29) is 11.9 Å². The van der Waals surface area contributed by atoms with Crippen LogP contribution in [-0.2, 0) is 11.2 Å². The Kier molecular flexibility index (Phi) is 3.61. The number of rotatable bonds is 2. The molecule has 4 heteroatoms. The number of carbonyl (C=O) groups is 1. The van der Waals surface area contributed by atoms with Gasteiger partial charge in [0.1, 0.15) is 4.32 Å². The van der Waals surface area contributed by atoms with Crippen molar-refractivity contribution in [3.63, 3.8) is 0 Å². The first-order chi connectivity index (χ1) is 7.68. The molecule has 2 nitrogen and oxygen atoms in total. The van der Waals surface area contributed by atoms with E-state index >= 15 is 0 Å². The second-order valence-electron chi connectivity index (χ2n) is 3.81. The lowest BCUT2D eigenvalue weighted by Crippen LogP contribution is -2.38. The molecule has 16 heavy (non-hydrogen) atoms. The summed E-state index contributed by atoms with van der Waals surface area (Å²) in [4.78, 5) is 13.2. The number of thioether (sulfide) groups is 1. The molecule has 1 aliphatic rings. The van der Waals surface area contributed by atoms with Crippen molar-refractivity contribution >= 4 is 34.2 Å². The van der Waals surface area contributed by atoms with Gasteiger partial charge < -0.3 is 0 Å². The summed E-state index contributed by atoms with van der Waals surface area (Å²) >= 11 is 6.78. The van der Waals surface area contributed by atoms with E-state index in [4.69, 9.17) is 12.2 Å². The number of hydrogen-bond donors (Lipinski definition) is 0. The Morgan fingerprint density at radius 2 is 2.19 bits per heavy atom. The van der Waals surface area contributed by atoms with Crippen LogP contribution in [0.4, 0.5) is 0 Å². The van der Waals surface area contributed by atoms with Gasteiger partial charge in [-0.3, -0.25) is 9.69 Å². The van der Waals surface area contributed by atoms with Gasteiger partial charge in [-0.15, -0.1) is 0 Å². The zero-order valence-corrected chi connectivity index (χ0v) is 10.7. The quantitative estimate of drug-likeness (QED) is 0.753. The van der Waals surface area contributed by atoms with Gasteiger partial charge in [0.25, 0.3) is 0 Å². The highest BCUT2D eigenvalue weighted by Gasteiger charge is 2.31. The van der Waals surface area contributed by atoms with Crippen LogP contribution in [0.3, 0.4) is 0 Å². The van der Waals surface area contributed by atoms with Crippen molar-refractivity contribution in [1.29, 1.82) is 0 Å². The highest BCUT2D eigenvalue weighted by Crippen LogP contribution is 2.26. The van der Waals surface area contributed by atoms with Gasteiger partial charge in [-0.25, -0.2) is 0 Å². The Balaban J connectivity index is 2.10. The molecule has 0 bridgehead atoms. The minimum atomic E-state index is 0.0518. The van der Waals surface area contributed by atoms with Crippen LogP contribution in [0, 0.1) is 0 Å². The van der Waals surface area contributed by atoms with E-state index in [1.165, 1.54) is 5.56 Å². The minimum absolute atomic E-state index is 0.0518. The average Bonchev–Trinajstić information content (AvgIpc) is 2.61. The zero-order chi connectivity index (χ0) is 11.5. The summed E-state index contributed by atoms with van der Waals surface area (Å²) in [7, 11) is 0. The molecule has 0 aromatic heterocycles. The molecular weight excluding hydrogens is 238 g/mol. The largest absolute Gasteiger partial charge is 0.294 e. The van der Waals surface area contributed by atoms with Crippen LogP contribution in [0.25, 0.3) is 0 Å². The SMILES string of the molecule is CC(=O)N1C(=S)SC[C@@H]1Cc1ccccc1. The molecule has 2 rings (SSSR count). The lowest BCUT2D eigenvalue weighted by atomic mass is 10.1. The first-order valence-electron chi connectivity index (χ1n) is 5.19. The van der Waals surface area contributed by atoms with E-state index in [0.717, 1.165) is 12.2 Å². The summed E-state index contributed by atoms with van der Waals surface area (Å²) in [6.45, 7) is 1.58. The maximum absolute atomic E-state index is 11.5. The van der Waals surface area contributed by atoms with E-state index in [9.17, 15) is 4.79 Å². The second kappa shape index (κ2) is 4.97. The standard InChI is InChI=1S/C12H13NOS2/c1-9(14)13-11(8-16-12(13)15)7-10-5-3-2-4-6-10/h2-6,11H,7-8H2,1H3/t11-/m0/s1. The Morgan fingerprint density at radius 1 is 1.50 bits per heavy atom. The van der Waals surface area contributed by atoms with Crippen LogP contribution >= 0.6 is 24.0 Å². The van der Waals surface area contributed by atoms with Crippen molar-refractivity contribution in [1.82, 2.24) is 4.90 Å². The first kappa shape index (κ1) is 11.6. The lowest BCUT2D eigenvalue weighted by Gasteiger charge is -2.21. The fourth-order valence-electron chi connectivity index (χ4n) is 1.88. The number of benzene rings is 1. The van der Waals surface area contributed by atoms with Gasteiger partial charge in [0.05, 0.1) is 6.04 Å². The van der Waals surface area contributed by atoms with E-state index in [0.29, 0.717) is 4.32 Å². The van der Waals surface area contributed by atoms with Crippen LogP contribution in [0.1, 0.15) is 12.5 Å². The molecule has 84 valence electrons. The molecule has 1 aromatic rings. The van der Waals surface area contributed by atoms with E-state index in [1.807, 2.05) is 18.2 Å². The van der Waals surface area contributed by atoms with Gasteiger partial charge >= 0.3 is 0 Å². The molecule has 0 unspecified atom stereocenters. The molecule has 1 fully saturated rings. The maximum Gasteiger partial charge on any atom is 0.225 e. The molecule has 1 heterocycles. The minimum Gasteiger partial charge on any atom is -0.294 e. The second-order valence-corrected chi connectivity index (χ2v) is 5.46. The Labute approximate surface area is 105 Å². The predicted octanol–water partition coefficient (Wildman–Crippen LogP) is 2.48. The van der Waals surface area contributed by atoms with Gasteiger partial charge in [0.2, 0.25) is 5.91 Å². The molecule has 0 spiro atoms. The van der Waals surface area contributed by atoms with Gasteiger partial charge in [-0.05, 0) is 12.0 Å². The summed E-state index contributed by atoms with van der Waals surface area (Å²) < 4.78 is 0.716. The number of nitrogens with zero attached hydrogens (tertiary/aromatic N) is 1. The molecule has 1 aromatic carbocycles. The van der Waals surface area contributed by atoms with Crippen LogP contribution in [0.2, 0.25) is 0 Å². The summed E-state index contributed by atoms with van der Waals surface area (Å²) in [6.07, 6.45) is 0.882. The Morgan fingerprint density at radius 3 is 2.81 bits per heavy atom. The van der Waals surface area contributed by atoms with Gasteiger partial charge in [0.15, 0.2) is 0 Å². The molecule has 0 saturated carbocycles. The summed E-state index contributed by atoms with van der Waals surface area (Å²) in [5, 5.41) is 0. The van der Waals surface area contributed by atoms with E-state index < -0.39 is 0 Å². The third kappa shape index (κ3) is 2.44. The molecule has 1 aliphatic heterocycles. The van der Waals surface area contributed by atoms with Crippen molar-refractivity contribution in [2.75, 3.05) is 5.75 Å². The van der Waals surface area contributed by atoms with Crippen molar-refractivity contribution in [3.8, 4) is 0 Å². The Bertz CT molecular complexity index is 405. The van der Waals surface area contributed by atoms with Crippen LogP contribution in [0.15, 0.2) is 30.3 Å². The number of thiocarbonyl (C=S) groups is 1. The Hall–Kier alpha value is -0.870. The lowest BCUT2D eigenvalue weighted by molar-refractivity contribution is -0.125. The predicted molar refractivity (Wildman–Crippen MR) is 71.5 cm³/mol. The molecule has 0 aliphatic carbocycles. The van der Waals surface area contributed by atoms with Crippen LogP contribution in [-0.4, -0.2) is 26.9 Å². The third-order valence-corrected chi connectivity index (χ3v) is 4.16. The average molecular weight is 251 g/mol. The maximum atomic E-state index is 11.5. The smallest absolute Gasteiger partial charge is 0.225 e. The molecular formula is C12H13NOS2. The zero-order valence-electron chi connectivity index (χ0n) is 9.05. The summed E-state index contributed by atoms with van der Waals surface area (Å²) in [6, 6.07) is 10.4. The van der Waals surface area contributed by atoms with E-state index in [1.54, 1.807) is 23.6 Å². The summed E-state index contributed by atoms with van der Waals surface area (Å²) in [5.74, 6) is 0.962. The molecule has 1 amide bonds. The van der Waals surface area contributed by atoms with Crippen LogP contribution in [0.5, 0.6) is 0 Å². The van der Waals surface area contributed by atoms with Gasteiger partial charge in [-0.2, -0.15) is 0 Å². The molecule has 1 saturated heterocycles. The topological polar surface area (TPSA) is 20.3 Å². The fraction of sp³-hybridized carbons (Fsp3) is 0.333. The molecule has 1 atom stereocenters. The van der Waals surface area contributed by atoms with Gasteiger partial charge in [-0.1, -0.05) is 54.3 Å². The van der Waals surface area contributed by atoms with Crippen molar-refractivity contribution < 1.29 is 4.79 Å².